The van der Waals surface area contributed by atoms with E-state index < -0.39 is 0 Å². The Balaban J connectivity index is 1.43. The zero-order valence-corrected chi connectivity index (χ0v) is 17.8. The van der Waals surface area contributed by atoms with Crippen molar-refractivity contribution < 1.29 is 0 Å². The highest BCUT2D eigenvalue weighted by atomic mass is 16.1. The summed E-state index contributed by atoms with van der Waals surface area (Å²) in [5, 5.41) is 11.2. The standard InChI is InChI=1S/C25H29N5O/c26-19-21-18-23(8-9-24(21)28-12-16-29-13-3-4-14-29)30-15-10-20(17-25(30)31)6-7-22-5-1-2-11-27-22/h1-2,5,8-11,15,17-19,26,28H,3-4,6-7,12-14,16H2. The van der Waals surface area contributed by atoms with Gasteiger partial charge in [0.2, 0.25) is 0 Å². The molecule has 0 saturated carbocycles. The van der Waals surface area contributed by atoms with E-state index in [-0.39, 0.29) is 5.56 Å². The van der Waals surface area contributed by atoms with Crippen LogP contribution in [0.25, 0.3) is 5.69 Å². The third kappa shape index (κ3) is 5.47. The van der Waals surface area contributed by atoms with Crippen LogP contribution in [0, 0.1) is 5.41 Å². The predicted octanol–water partition coefficient (Wildman–Crippen LogP) is 3.52. The molecule has 1 aliphatic rings. The lowest BCUT2D eigenvalue weighted by Crippen LogP contribution is -2.26. The van der Waals surface area contributed by atoms with Crippen molar-refractivity contribution >= 4 is 11.9 Å². The van der Waals surface area contributed by atoms with Gasteiger partial charge in [-0.2, -0.15) is 0 Å². The van der Waals surface area contributed by atoms with Gasteiger partial charge in [0.15, 0.2) is 0 Å². The molecule has 6 heteroatoms. The van der Waals surface area contributed by atoms with Crippen LogP contribution in [0.1, 0.15) is 29.7 Å². The van der Waals surface area contributed by atoms with Crippen LogP contribution < -0.4 is 10.9 Å². The fourth-order valence-corrected chi connectivity index (χ4v) is 4.04. The molecule has 0 spiro atoms. The number of pyridine rings is 2. The van der Waals surface area contributed by atoms with Gasteiger partial charge in [0.1, 0.15) is 0 Å². The first-order chi connectivity index (χ1) is 15.2. The van der Waals surface area contributed by atoms with Crippen molar-refractivity contribution in [3.05, 3.63) is 88.1 Å². The molecule has 2 N–H and O–H groups in total. The molecule has 0 aliphatic carbocycles. The second kappa shape index (κ2) is 10.2. The minimum absolute atomic E-state index is 0.0656. The van der Waals surface area contributed by atoms with E-state index in [4.69, 9.17) is 5.41 Å². The van der Waals surface area contributed by atoms with Gasteiger partial charge in [-0.1, -0.05) is 6.07 Å². The second-order valence-electron chi connectivity index (χ2n) is 7.96. The van der Waals surface area contributed by atoms with Crippen molar-refractivity contribution in [1.29, 1.82) is 5.41 Å². The first-order valence-corrected chi connectivity index (χ1v) is 11.0. The third-order valence-corrected chi connectivity index (χ3v) is 5.79. The van der Waals surface area contributed by atoms with E-state index in [9.17, 15) is 4.79 Å². The van der Waals surface area contributed by atoms with Crippen LogP contribution in [0.15, 0.2) is 65.7 Å². The van der Waals surface area contributed by atoms with E-state index >= 15 is 0 Å². The van der Waals surface area contributed by atoms with Gasteiger partial charge < -0.3 is 15.6 Å². The van der Waals surface area contributed by atoms with E-state index in [0.29, 0.717) is 0 Å². The van der Waals surface area contributed by atoms with Crippen LogP contribution in [-0.2, 0) is 12.8 Å². The molecular weight excluding hydrogens is 386 g/mol. The Kier molecular flexibility index (Phi) is 6.89. The molecule has 1 aromatic carbocycles. The maximum absolute atomic E-state index is 12.7. The number of likely N-dealkylation sites (tertiary alicyclic amines) is 1. The van der Waals surface area contributed by atoms with E-state index in [1.807, 2.05) is 48.7 Å². The van der Waals surface area contributed by atoms with Crippen LogP contribution in [0.2, 0.25) is 0 Å². The number of anilines is 1. The SMILES string of the molecule is N=Cc1cc(-n2ccc(CCc3ccccn3)cc2=O)ccc1NCCN1CCCC1. The summed E-state index contributed by atoms with van der Waals surface area (Å²) in [4.78, 5) is 19.5. The van der Waals surface area contributed by atoms with Gasteiger partial charge in [-0.15, -0.1) is 0 Å². The van der Waals surface area contributed by atoms with Gasteiger partial charge >= 0.3 is 0 Å². The maximum atomic E-state index is 12.7. The highest BCUT2D eigenvalue weighted by Crippen LogP contribution is 2.18. The zero-order valence-electron chi connectivity index (χ0n) is 17.8. The van der Waals surface area contributed by atoms with Crippen LogP contribution in [0.3, 0.4) is 0 Å². The number of nitrogens with zero attached hydrogens (tertiary/aromatic N) is 3. The molecule has 6 nitrogen and oxygen atoms in total. The van der Waals surface area contributed by atoms with Crippen LogP contribution >= 0.6 is 0 Å². The molecule has 0 radical (unpaired) electrons. The maximum Gasteiger partial charge on any atom is 0.255 e. The molecule has 160 valence electrons. The number of benzene rings is 1. The van der Waals surface area contributed by atoms with E-state index in [1.54, 1.807) is 16.8 Å². The molecule has 1 aliphatic heterocycles. The molecule has 1 fully saturated rings. The summed E-state index contributed by atoms with van der Waals surface area (Å²) in [5.41, 5.74) is 4.44. The summed E-state index contributed by atoms with van der Waals surface area (Å²) in [5.74, 6) is 0. The molecular formula is C25H29N5O. The van der Waals surface area contributed by atoms with E-state index in [0.717, 1.165) is 54.1 Å². The smallest absolute Gasteiger partial charge is 0.255 e. The Morgan fingerprint density at radius 3 is 2.68 bits per heavy atom. The van der Waals surface area contributed by atoms with E-state index in [2.05, 4.69) is 15.2 Å². The molecule has 3 aromatic rings. The fourth-order valence-electron chi connectivity index (χ4n) is 4.04. The number of rotatable bonds is 9. The van der Waals surface area contributed by atoms with Crippen LogP contribution in [0.5, 0.6) is 0 Å². The number of hydrogen-bond acceptors (Lipinski definition) is 5. The Hall–Kier alpha value is -3.25. The molecule has 2 aromatic heterocycles. The van der Waals surface area contributed by atoms with Gasteiger partial charge in [-0.3, -0.25) is 14.3 Å². The van der Waals surface area contributed by atoms with Crippen molar-refractivity contribution in [2.24, 2.45) is 0 Å². The molecule has 0 amide bonds. The second-order valence-corrected chi connectivity index (χ2v) is 7.96. The molecule has 0 atom stereocenters. The van der Waals surface area contributed by atoms with Crippen molar-refractivity contribution in [1.82, 2.24) is 14.5 Å². The Morgan fingerprint density at radius 1 is 1.06 bits per heavy atom. The molecule has 4 rings (SSSR count). The van der Waals surface area contributed by atoms with Gasteiger partial charge in [-0.25, -0.2) is 0 Å². The average Bonchev–Trinajstić information content (AvgIpc) is 3.32. The minimum atomic E-state index is -0.0656. The number of aromatic nitrogens is 2. The van der Waals surface area contributed by atoms with Gasteiger partial charge in [0.05, 0.1) is 0 Å². The predicted molar refractivity (Wildman–Crippen MR) is 126 cm³/mol. The normalized spacial score (nSPS) is 13.9. The lowest BCUT2D eigenvalue weighted by molar-refractivity contribution is 0.352. The Labute approximate surface area is 183 Å². The molecule has 0 unspecified atom stereocenters. The topological polar surface area (TPSA) is 74.0 Å². The van der Waals surface area contributed by atoms with Crippen molar-refractivity contribution in [2.75, 3.05) is 31.5 Å². The Morgan fingerprint density at radius 2 is 1.94 bits per heavy atom. The van der Waals surface area contributed by atoms with Gasteiger partial charge in [-0.05, 0) is 80.7 Å². The molecule has 0 bridgehead atoms. The molecule has 31 heavy (non-hydrogen) atoms. The number of nitrogens with one attached hydrogen (secondary N) is 2. The van der Waals surface area contributed by atoms with Gasteiger partial charge in [0.25, 0.3) is 5.56 Å². The first kappa shape index (κ1) is 21.0. The summed E-state index contributed by atoms with van der Waals surface area (Å²) in [7, 11) is 0. The van der Waals surface area contributed by atoms with Crippen molar-refractivity contribution in [2.45, 2.75) is 25.7 Å². The summed E-state index contributed by atoms with van der Waals surface area (Å²) in [6.45, 7) is 4.22. The zero-order chi connectivity index (χ0) is 21.5. The van der Waals surface area contributed by atoms with Crippen LogP contribution in [-0.4, -0.2) is 46.8 Å². The lowest BCUT2D eigenvalue weighted by Gasteiger charge is -2.17. The Bertz CT molecular complexity index is 1070. The highest BCUT2D eigenvalue weighted by molar-refractivity contribution is 5.86. The quantitative estimate of drug-likeness (QED) is 0.525. The van der Waals surface area contributed by atoms with Gasteiger partial charge in [0, 0.05) is 60.4 Å². The minimum Gasteiger partial charge on any atom is -0.383 e. The van der Waals surface area contributed by atoms with Crippen molar-refractivity contribution in [3.8, 4) is 5.69 Å². The largest absolute Gasteiger partial charge is 0.383 e. The number of aryl methyl sites for hydroxylation is 2. The number of hydrogen-bond donors (Lipinski definition) is 2. The third-order valence-electron chi connectivity index (χ3n) is 5.79. The fraction of sp³-hybridized carbons (Fsp3) is 0.320. The first-order valence-electron chi connectivity index (χ1n) is 11.0. The monoisotopic (exact) mass is 415 g/mol. The molecule has 1 saturated heterocycles. The summed E-state index contributed by atoms with van der Waals surface area (Å²) in [6, 6.07) is 15.3. The lowest BCUT2D eigenvalue weighted by atomic mass is 10.1. The summed E-state index contributed by atoms with van der Waals surface area (Å²) < 4.78 is 1.63. The molecule has 3 heterocycles. The average molecular weight is 416 g/mol. The van der Waals surface area contributed by atoms with Crippen LogP contribution in [0.4, 0.5) is 5.69 Å². The highest BCUT2D eigenvalue weighted by Gasteiger charge is 2.11. The summed E-state index contributed by atoms with van der Waals surface area (Å²) >= 11 is 0. The van der Waals surface area contributed by atoms with E-state index in [1.165, 1.54) is 32.1 Å². The van der Waals surface area contributed by atoms with Crippen molar-refractivity contribution in [3.63, 3.8) is 0 Å². The summed E-state index contributed by atoms with van der Waals surface area (Å²) in [6.07, 6.45) is 9.11.